The van der Waals surface area contributed by atoms with Crippen LogP contribution in [0.1, 0.15) is 24.5 Å². The van der Waals surface area contributed by atoms with Gasteiger partial charge in [-0.15, -0.1) is 0 Å². The van der Waals surface area contributed by atoms with Gasteiger partial charge in [0.15, 0.2) is 0 Å². The predicted molar refractivity (Wildman–Crippen MR) is 81.9 cm³/mol. The Kier molecular flexibility index (Phi) is 5.16. The molecule has 0 unspecified atom stereocenters. The highest BCUT2D eigenvalue weighted by Crippen LogP contribution is 2.24. The minimum atomic E-state index is -0.428. The third-order valence-electron chi connectivity index (χ3n) is 3.43. The number of fused-ring (bicyclic) bond motifs is 1. The van der Waals surface area contributed by atoms with Gasteiger partial charge in [0.05, 0.1) is 13.7 Å². The van der Waals surface area contributed by atoms with E-state index in [1.165, 1.54) is 0 Å². The number of hydrogen-bond acceptors (Lipinski definition) is 5. The summed E-state index contributed by atoms with van der Waals surface area (Å²) >= 11 is 0. The first-order chi connectivity index (χ1) is 10.6. The van der Waals surface area contributed by atoms with E-state index in [0.29, 0.717) is 29.9 Å². The van der Waals surface area contributed by atoms with Gasteiger partial charge < -0.3 is 9.15 Å². The van der Waals surface area contributed by atoms with Crippen molar-refractivity contribution in [2.24, 2.45) is 0 Å². The van der Waals surface area contributed by atoms with Crippen LogP contribution in [0.5, 0.6) is 5.75 Å². The molecular weight excluding hydrogens is 286 g/mol. The summed E-state index contributed by atoms with van der Waals surface area (Å²) in [6.07, 6.45) is 0.461. The minimum Gasteiger partial charge on any atom is -0.497 e. The van der Waals surface area contributed by atoms with E-state index in [1.54, 1.807) is 26.2 Å². The highest BCUT2D eigenvalue weighted by atomic mass is 16.6. The molecule has 1 N–H and O–H groups in total. The van der Waals surface area contributed by atoms with Gasteiger partial charge in [0.1, 0.15) is 11.3 Å². The van der Waals surface area contributed by atoms with Gasteiger partial charge in [-0.25, -0.2) is 10.3 Å². The molecule has 0 saturated heterocycles. The first kappa shape index (κ1) is 16.0. The molecule has 0 aliphatic heterocycles. The van der Waals surface area contributed by atoms with Crippen molar-refractivity contribution in [3.05, 3.63) is 39.7 Å². The Bertz CT molecular complexity index is 735. The standard InChI is InChI=1S/C16H19NO5/c1-4-21-17-15(18)8-7-13-10(2)12-6-5-11(20-3)9-14(12)22-16(13)19/h5-6,9H,4,7-8H2,1-3H3,(H,17,18). The summed E-state index contributed by atoms with van der Waals surface area (Å²) in [5, 5.41) is 0.834. The number of benzene rings is 1. The van der Waals surface area contributed by atoms with Gasteiger partial charge in [0.25, 0.3) is 0 Å². The van der Waals surface area contributed by atoms with E-state index in [2.05, 4.69) is 5.48 Å². The fourth-order valence-corrected chi connectivity index (χ4v) is 2.23. The lowest BCUT2D eigenvalue weighted by molar-refractivity contribution is -0.133. The molecule has 22 heavy (non-hydrogen) atoms. The van der Waals surface area contributed by atoms with Crippen LogP contribution in [0.3, 0.4) is 0 Å². The van der Waals surface area contributed by atoms with Crippen LogP contribution < -0.4 is 15.8 Å². The fraction of sp³-hybridized carbons (Fsp3) is 0.375. The van der Waals surface area contributed by atoms with Crippen molar-refractivity contribution in [2.75, 3.05) is 13.7 Å². The average Bonchev–Trinajstić information content (AvgIpc) is 2.52. The van der Waals surface area contributed by atoms with Gasteiger partial charge in [-0.1, -0.05) is 0 Å². The van der Waals surface area contributed by atoms with Gasteiger partial charge in [-0.2, -0.15) is 0 Å². The Morgan fingerprint density at radius 3 is 2.82 bits per heavy atom. The summed E-state index contributed by atoms with van der Waals surface area (Å²) < 4.78 is 10.5. The molecule has 6 heteroatoms. The lowest BCUT2D eigenvalue weighted by Crippen LogP contribution is -2.24. The molecule has 2 aromatic rings. The largest absolute Gasteiger partial charge is 0.497 e. The van der Waals surface area contributed by atoms with E-state index < -0.39 is 5.63 Å². The fourth-order valence-electron chi connectivity index (χ4n) is 2.23. The maximum Gasteiger partial charge on any atom is 0.339 e. The number of ether oxygens (including phenoxy) is 1. The summed E-state index contributed by atoms with van der Waals surface area (Å²) in [6.45, 7) is 4.02. The van der Waals surface area contributed by atoms with Gasteiger partial charge in [-0.3, -0.25) is 9.63 Å². The van der Waals surface area contributed by atoms with Crippen LogP contribution in [-0.2, 0) is 16.1 Å². The number of hydroxylamine groups is 1. The van der Waals surface area contributed by atoms with Crippen LogP contribution in [0.4, 0.5) is 0 Å². The quantitative estimate of drug-likeness (QED) is 0.653. The second-order valence-corrected chi connectivity index (χ2v) is 4.81. The molecule has 6 nitrogen and oxygen atoms in total. The van der Waals surface area contributed by atoms with Crippen molar-refractivity contribution >= 4 is 16.9 Å². The Balaban J connectivity index is 2.27. The third kappa shape index (κ3) is 3.46. The zero-order valence-corrected chi connectivity index (χ0v) is 12.9. The second kappa shape index (κ2) is 7.09. The average molecular weight is 305 g/mol. The number of amides is 1. The zero-order chi connectivity index (χ0) is 16.1. The molecule has 2 rings (SSSR count). The number of methoxy groups -OCH3 is 1. The number of hydrogen-bond donors (Lipinski definition) is 1. The van der Waals surface area contributed by atoms with E-state index in [4.69, 9.17) is 14.0 Å². The van der Waals surface area contributed by atoms with E-state index in [-0.39, 0.29) is 12.3 Å². The van der Waals surface area contributed by atoms with Gasteiger partial charge >= 0.3 is 5.63 Å². The number of carbonyl (C=O) groups is 1. The van der Waals surface area contributed by atoms with Crippen LogP contribution in [0, 0.1) is 6.92 Å². The molecule has 0 aliphatic carbocycles. The van der Waals surface area contributed by atoms with Crippen LogP contribution in [0.2, 0.25) is 0 Å². The van der Waals surface area contributed by atoms with Crippen LogP contribution in [0.25, 0.3) is 11.0 Å². The summed E-state index contributed by atoms with van der Waals surface area (Å²) in [6, 6.07) is 5.33. The van der Waals surface area contributed by atoms with Gasteiger partial charge in [0, 0.05) is 23.4 Å². The summed E-state index contributed by atoms with van der Waals surface area (Å²) in [7, 11) is 1.55. The summed E-state index contributed by atoms with van der Waals surface area (Å²) in [4.78, 5) is 28.5. The molecule has 0 atom stereocenters. The minimum absolute atomic E-state index is 0.160. The summed E-state index contributed by atoms with van der Waals surface area (Å²) in [5.41, 5.74) is 3.68. The predicted octanol–water partition coefficient (Wildman–Crippen LogP) is 2.11. The van der Waals surface area contributed by atoms with Crippen molar-refractivity contribution in [3.63, 3.8) is 0 Å². The Morgan fingerprint density at radius 2 is 2.14 bits per heavy atom. The van der Waals surface area contributed by atoms with E-state index >= 15 is 0 Å². The smallest absolute Gasteiger partial charge is 0.339 e. The van der Waals surface area contributed by atoms with Crippen molar-refractivity contribution in [3.8, 4) is 5.75 Å². The molecule has 1 amide bonds. The highest BCUT2D eigenvalue weighted by Gasteiger charge is 2.13. The number of nitrogens with one attached hydrogen (secondary N) is 1. The van der Waals surface area contributed by atoms with Gasteiger partial charge in [-0.05, 0) is 38.0 Å². The molecule has 1 heterocycles. The van der Waals surface area contributed by atoms with Crippen LogP contribution >= 0.6 is 0 Å². The topological polar surface area (TPSA) is 77.8 Å². The molecular formula is C16H19NO5. The molecule has 0 spiro atoms. The molecule has 118 valence electrons. The maximum absolute atomic E-state index is 12.1. The van der Waals surface area contributed by atoms with Crippen LogP contribution in [0.15, 0.2) is 27.4 Å². The number of aryl methyl sites for hydroxylation is 1. The molecule has 0 aliphatic rings. The Labute approximate surface area is 128 Å². The summed E-state index contributed by atoms with van der Waals surface area (Å²) in [5.74, 6) is 0.356. The maximum atomic E-state index is 12.1. The van der Waals surface area contributed by atoms with Crippen LogP contribution in [-0.4, -0.2) is 19.6 Å². The molecule has 0 bridgehead atoms. The lowest BCUT2D eigenvalue weighted by Gasteiger charge is -2.09. The molecule has 1 aromatic carbocycles. The number of rotatable bonds is 6. The second-order valence-electron chi connectivity index (χ2n) is 4.81. The SMILES string of the molecule is CCONC(=O)CCc1c(C)c2ccc(OC)cc2oc1=O. The van der Waals surface area contributed by atoms with E-state index in [0.717, 1.165) is 10.9 Å². The number of carbonyl (C=O) groups excluding carboxylic acids is 1. The van der Waals surface area contributed by atoms with Crippen molar-refractivity contribution in [1.29, 1.82) is 0 Å². The lowest BCUT2D eigenvalue weighted by atomic mass is 10.0. The van der Waals surface area contributed by atoms with Crippen molar-refractivity contribution in [1.82, 2.24) is 5.48 Å². The molecule has 0 radical (unpaired) electrons. The normalized spacial score (nSPS) is 10.7. The molecule has 0 saturated carbocycles. The first-order valence-corrected chi connectivity index (χ1v) is 7.07. The third-order valence-corrected chi connectivity index (χ3v) is 3.43. The van der Waals surface area contributed by atoms with Crippen molar-refractivity contribution < 1.29 is 18.8 Å². The Morgan fingerprint density at radius 1 is 1.36 bits per heavy atom. The Hall–Kier alpha value is -2.34. The first-order valence-electron chi connectivity index (χ1n) is 7.07. The monoisotopic (exact) mass is 305 g/mol. The zero-order valence-electron chi connectivity index (χ0n) is 12.9. The van der Waals surface area contributed by atoms with E-state index in [9.17, 15) is 9.59 Å². The molecule has 1 aromatic heterocycles. The van der Waals surface area contributed by atoms with Gasteiger partial charge in [0.2, 0.25) is 5.91 Å². The molecule has 0 fully saturated rings. The van der Waals surface area contributed by atoms with Crippen molar-refractivity contribution in [2.45, 2.75) is 26.7 Å². The highest BCUT2D eigenvalue weighted by molar-refractivity contribution is 5.82. The van der Waals surface area contributed by atoms with E-state index in [1.807, 2.05) is 13.0 Å².